The topological polar surface area (TPSA) is 78.0 Å². The molecule has 0 aliphatic carbocycles. The van der Waals surface area contributed by atoms with Crippen molar-refractivity contribution in [1.29, 1.82) is 0 Å². The lowest BCUT2D eigenvalue weighted by molar-refractivity contribution is 0.582. The normalized spacial score (nSPS) is 11.7. The summed E-state index contributed by atoms with van der Waals surface area (Å²) < 4.78 is 24.6. The number of aromatic nitrogens is 2. The maximum atomic E-state index is 11.5. The second-order valence-electron chi connectivity index (χ2n) is 4.75. The molecule has 1 aromatic heterocycles. The number of benzene rings is 1. The summed E-state index contributed by atoms with van der Waals surface area (Å²) in [4.78, 5) is 0. The quantitative estimate of drug-likeness (QED) is 0.913. The Balaban J connectivity index is 2.25. The van der Waals surface area contributed by atoms with Crippen LogP contribution in [0.25, 0.3) is 11.3 Å². The number of nitrogens with two attached hydrogens (primary N) is 1. The summed E-state index contributed by atoms with van der Waals surface area (Å²) in [6.45, 7) is 3.97. The average molecular weight is 293 g/mol. The molecule has 2 aromatic rings. The van der Waals surface area contributed by atoms with Gasteiger partial charge in [0.2, 0.25) is 0 Å². The highest BCUT2D eigenvalue weighted by atomic mass is 32.2. The van der Waals surface area contributed by atoms with Crippen LogP contribution in [0.15, 0.2) is 30.5 Å². The van der Waals surface area contributed by atoms with Crippen molar-refractivity contribution in [1.82, 2.24) is 9.78 Å². The number of aryl methyl sites for hydroxylation is 2. The van der Waals surface area contributed by atoms with Crippen LogP contribution in [0.4, 0.5) is 5.69 Å². The third-order valence-electron chi connectivity index (χ3n) is 3.26. The SMILES string of the molecule is CCS(=O)(=O)CCn1cc(N)c(-c2ccccc2C)n1. The molecular weight excluding hydrogens is 274 g/mol. The van der Waals surface area contributed by atoms with Crippen molar-refractivity contribution in [3.05, 3.63) is 36.0 Å². The summed E-state index contributed by atoms with van der Waals surface area (Å²) >= 11 is 0. The summed E-state index contributed by atoms with van der Waals surface area (Å²) in [5.41, 5.74) is 9.31. The third kappa shape index (κ3) is 3.19. The van der Waals surface area contributed by atoms with E-state index >= 15 is 0 Å². The first-order chi connectivity index (χ1) is 9.43. The minimum absolute atomic E-state index is 0.0812. The van der Waals surface area contributed by atoms with Crippen LogP contribution in [0.2, 0.25) is 0 Å². The van der Waals surface area contributed by atoms with Crippen LogP contribution in [0.1, 0.15) is 12.5 Å². The molecule has 0 unspecified atom stereocenters. The van der Waals surface area contributed by atoms with Gasteiger partial charge in [-0.15, -0.1) is 0 Å². The van der Waals surface area contributed by atoms with Gasteiger partial charge in [-0.25, -0.2) is 8.42 Å². The van der Waals surface area contributed by atoms with Crippen molar-refractivity contribution in [2.45, 2.75) is 20.4 Å². The van der Waals surface area contributed by atoms with Crippen LogP contribution >= 0.6 is 0 Å². The highest BCUT2D eigenvalue weighted by Gasteiger charge is 2.12. The van der Waals surface area contributed by atoms with Gasteiger partial charge in [0.15, 0.2) is 9.84 Å². The second kappa shape index (κ2) is 5.66. The Hall–Kier alpha value is -1.82. The van der Waals surface area contributed by atoms with Crippen molar-refractivity contribution in [3.63, 3.8) is 0 Å². The lowest BCUT2D eigenvalue weighted by Gasteiger charge is -2.03. The molecule has 0 saturated carbocycles. The summed E-state index contributed by atoms with van der Waals surface area (Å²) in [7, 11) is -3.00. The molecule has 20 heavy (non-hydrogen) atoms. The molecule has 0 aliphatic rings. The number of anilines is 1. The molecule has 1 heterocycles. The fourth-order valence-corrected chi connectivity index (χ4v) is 2.73. The number of nitrogens with zero attached hydrogens (tertiary/aromatic N) is 2. The molecule has 1 aromatic carbocycles. The summed E-state index contributed by atoms with van der Waals surface area (Å²) in [5.74, 6) is 0.228. The Morgan fingerprint density at radius 1 is 1.30 bits per heavy atom. The molecule has 0 amide bonds. The molecule has 0 radical (unpaired) electrons. The Bertz CT molecular complexity index is 705. The first-order valence-electron chi connectivity index (χ1n) is 6.52. The first-order valence-corrected chi connectivity index (χ1v) is 8.34. The molecule has 6 heteroatoms. The molecule has 5 nitrogen and oxygen atoms in total. The highest BCUT2D eigenvalue weighted by Crippen LogP contribution is 2.26. The van der Waals surface area contributed by atoms with E-state index in [1.54, 1.807) is 17.8 Å². The van der Waals surface area contributed by atoms with E-state index in [2.05, 4.69) is 5.10 Å². The molecule has 0 spiro atoms. The predicted octanol–water partition coefficient (Wildman–Crippen LogP) is 1.88. The van der Waals surface area contributed by atoms with Crippen LogP contribution in [0.3, 0.4) is 0 Å². The lowest BCUT2D eigenvalue weighted by Crippen LogP contribution is -2.14. The Labute approximate surface area is 119 Å². The Morgan fingerprint density at radius 3 is 2.65 bits per heavy atom. The van der Waals surface area contributed by atoms with Crippen LogP contribution < -0.4 is 5.73 Å². The molecule has 0 bridgehead atoms. The monoisotopic (exact) mass is 293 g/mol. The Kier molecular flexibility index (Phi) is 4.13. The lowest BCUT2D eigenvalue weighted by atomic mass is 10.1. The van der Waals surface area contributed by atoms with Crippen LogP contribution in [0.5, 0.6) is 0 Å². The Morgan fingerprint density at radius 2 is 2.00 bits per heavy atom. The van der Waals surface area contributed by atoms with Gasteiger partial charge in [0.05, 0.1) is 18.0 Å². The summed E-state index contributed by atoms with van der Waals surface area (Å²) in [5, 5.41) is 4.41. The van der Waals surface area contributed by atoms with Gasteiger partial charge in [0, 0.05) is 17.5 Å². The van der Waals surface area contributed by atoms with Crippen LogP contribution in [0, 0.1) is 6.92 Å². The van der Waals surface area contributed by atoms with Gasteiger partial charge < -0.3 is 5.73 Å². The number of nitrogen functional groups attached to an aromatic ring is 1. The molecule has 108 valence electrons. The number of hydrogen-bond acceptors (Lipinski definition) is 4. The molecule has 0 fully saturated rings. The zero-order valence-corrected chi connectivity index (χ0v) is 12.5. The van der Waals surface area contributed by atoms with E-state index in [0.717, 1.165) is 11.1 Å². The van der Waals surface area contributed by atoms with Crippen molar-refractivity contribution in [2.75, 3.05) is 17.2 Å². The summed E-state index contributed by atoms with van der Waals surface area (Å²) in [6.07, 6.45) is 1.69. The minimum Gasteiger partial charge on any atom is -0.396 e. The maximum absolute atomic E-state index is 11.5. The highest BCUT2D eigenvalue weighted by molar-refractivity contribution is 7.91. The summed E-state index contributed by atoms with van der Waals surface area (Å²) in [6, 6.07) is 7.85. The van der Waals surface area contributed by atoms with Gasteiger partial charge in [-0.2, -0.15) is 5.10 Å². The van der Waals surface area contributed by atoms with E-state index in [1.165, 1.54) is 0 Å². The average Bonchev–Trinajstić information content (AvgIpc) is 2.78. The van der Waals surface area contributed by atoms with Crippen LogP contribution in [-0.2, 0) is 16.4 Å². The van der Waals surface area contributed by atoms with Gasteiger partial charge >= 0.3 is 0 Å². The van der Waals surface area contributed by atoms with Crippen molar-refractivity contribution < 1.29 is 8.42 Å². The zero-order chi connectivity index (χ0) is 14.8. The molecule has 0 saturated heterocycles. The fraction of sp³-hybridized carbons (Fsp3) is 0.357. The van der Waals surface area contributed by atoms with E-state index in [1.807, 2.05) is 31.2 Å². The molecule has 0 aliphatic heterocycles. The van der Waals surface area contributed by atoms with Gasteiger partial charge in [-0.1, -0.05) is 31.2 Å². The van der Waals surface area contributed by atoms with Gasteiger partial charge in [-0.3, -0.25) is 4.68 Å². The van der Waals surface area contributed by atoms with E-state index in [9.17, 15) is 8.42 Å². The number of hydrogen-bond donors (Lipinski definition) is 1. The van der Waals surface area contributed by atoms with E-state index in [4.69, 9.17) is 5.73 Å². The van der Waals surface area contributed by atoms with Crippen LogP contribution in [-0.4, -0.2) is 29.7 Å². The largest absolute Gasteiger partial charge is 0.396 e. The fourth-order valence-electron chi connectivity index (χ4n) is 1.98. The maximum Gasteiger partial charge on any atom is 0.151 e. The first kappa shape index (κ1) is 14.6. The molecule has 2 rings (SSSR count). The van der Waals surface area contributed by atoms with Crippen molar-refractivity contribution in [2.24, 2.45) is 0 Å². The zero-order valence-electron chi connectivity index (χ0n) is 11.7. The van der Waals surface area contributed by atoms with Gasteiger partial charge in [-0.05, 0) is 12.5 Å². The van der Waals surface area contributed by atoms with E-state index < -0.39 is 9.84 Å². The molecule has 2 N–H and O–H groups in total. The third-order valence-corrected chi connectivity index (χ3v) is 4.95. The smallest absolute Gasteiger partial charge is 0.151 e. The van der Waals surface area contributed by atoms with E-state index in [-0.39, 0.29) is 11.5 Å². The van der Waals surface area contributed by atoms with Crippen molar-refractivity contribution >= 4 is 15.5 Å². The second-order valence-corrected chi connectivity index (χ2v) is 7.22. The van der Waals surface area contributed by atoms with E-state index in [0.29, 0.717) is 17.9 Å². The predicted molar refractivity (Wildman–Crippen MR) is 81.1 cm³/mol. The van der Waals surface area contributed by atoms with Crippen molar-refractivity contribution in [3.8, 4) is 11.3 Å². The minimum atomic E-state index is -3.00. The standard InChI is InChI=1S/C14H19N3O2S/c1-3-20(18,19)9-8-17-10-13(15)14(16-17)12-7-5-4-6-11(12)2/h4-7,10H,3,8-9,15H2,1-2H3. The number of sulfone groups is 1. The molecule has 0 atom stereocenters. The number of rotatable bonds is 5. The molecular formula is C14H19N3O2S. The van der Waals surface area contributed by atoms with Gasteiger partial charge in [0.1, 0.15) is 5.69 Å². The van der Waals surface area contributed by atoms with Gasteiger partial charge in [0.25, 0.3) is 0 Å².